The number of anilines is 1. The molecule has 0 aliphatic carbocycles. The molecule has 1 aromatic heterocycles. The van der Waals surface area contributed by atoms with Crippen molar-refractivity contribution in [3.63, 3.8) is 0 Å². The zero-order chi connectivity index (χ0) is 19.2. The van der Waals surface area contributed by atoms with Gasteiger partial charge in [-0.15, -0.1) is 0 Å². The molecular formula is C20H24N4O3. The first kappa shape index (κ1) is 17.7. The lowest BCUT2D eigenvalue weighted by atomic mass is 9.74. The van der Waals surface area contributed by atoms with E-state index in [1.807, 2.05) is 55.9 Å². The number of hydrogen-bond acceptors (Lipinski definition) is 4. The Morgan fingerprint density at radius 2 is 2.19 bits per heavy atom. The molecule has 7 heteroatoms. The number of hydrogen-bond donors (Lipinski definition) is 1. The van der Waals surface area contributed by atoms with Crippen LogP contribution in [0.15, 0.2) is 36.7 Å². The molecule has 3 heterocycles. The van der Waals surface area contributed by atoms with E-state index >= 15 is 0 Å². The molecule has 2 aliphatic rings. The van der Waals surface area contributed by atoms with E-state index in [0.717, 1.165) is 11.3 Å². The Morgan fingerprint density at radius 3 is 2.89 bits per heavy atom. The molecule has 7 nitrogen and oxygen atoms in total. The average Bonchev–Trinajstić information content (AvgIpc) is 3.30. The predicted octanol–water partition coefficient (Wildman–Crippen LogP) is 2.01. The summed E-state index contributed by atoms with van der Waals surface area (Å²) >= 11 is 0. The minimum absolute atomic E-state index is 0.00205. The molecule has 2 atom stereocenters. The fraction of sp³-hybridized carbons (Fsp3) is 0.450. The van der Waals surface area contributed by atoms with Gasteiger partial charge in [0.1, 0.15) is 23.9 Å². The Hall–Kier alpha value is -2.67. The number of aromatic nitrogens is 2. The second-order valence-corrected chi connectivity index (χ2v) is 7.47. The number of para-hydroxylation sites is 1. The van der Waals surface area contributed by atoms with E-state index in [4.69, 9.17) is 4.74 Å². The van der Waals surface area contributed by atoms with E-state index < -0.39 is 11.5 Å². The minimum atomic E-state index is -0.830. The van der Waals surface area contributed by atoms with Crippen LogP contribution in [-0.2, 0) is 26.8 Å². The predicted molar refractivity (Wildman–Crippen MR) is 100 cm³/mol. The fourth-order valence-electron chi connectivity index (χ4n) is 4.28. The van der Waals surface area contributed by atoms with Crippen LogP contribution in [0.3, 0.4) is 0 Å². The Bertz CT molecular complexity index is 891. The van der Waals surface area contributed by atoms with Crippen LogP contribution in [0.25, 0.3) is 0 Å². The lowest BCUT2D eigenvalue weighted by Gasteiger charge is -2.33. The van der Waals surface area contributed by atoms with Crippen molar-refractivity contribution < 1.29 is 14.3 Å². The van der Waals surface area contributed by atoms with Crippen molar-refractivity contribution in [1.82, 2.24) is 14.5 Å². The second-order valence-electron chi connectivity index (χ2n) is 7.47. The average molecular weight is 368 g/mol. The van der Waals surface area contributed by atoms with E-state index in [2.05, 4.69) is 10.3 Å². The Kier molecular flexibility index (Phi) is 4.26. The number of carbonyl (C=O) groups excluding carboxylic acids is 2. The van der Waals surface area contributed by atoms with Gasteiger partial charge >= 0.3 is 0 Å². The molecule has 1 saturated heterocycles. The van der Waals surface area contributed by atoms with Crippen LogP contribution < -0.4 is 5.32 Å². The van der Waals surface area contributed by atoms with Gasteiger partial charge in [-0.05, 0) is 31.9 Å². The standard InChI is InChI=1S/C20H24N4O3/c1-13(2)27-12-16(25)24-10-8-20(17(24)18-21-9-11-23(18)3)14-6-4-5-7-15(14)22-19(20)26/h4-7,9,11,13,17H,8,10,12H2,1-3H3,(H,22,26)/t17-,20+/m0/s1. The van der Waals surface area contributed by atoms with Crippen LogP contribution in [0.2, 0.25) is 0 Å². The number of aryl methyl sites for hydroxylation is 1. The number of likely N-dealkylation sites (tertiary alicyclic amines) is 1. The fourth-order valence-corrected chi connectivity index (χ4v) is 4.28. The molecule has 0 unspecified atom stereocenters. The molecule has 1 spiro atoms. The molecule has 4 rings (SSSR count). The topological polar surface area (TPSA) is 76.5 Å². The Morgan fingerprint density at radius 1 is 1.41 bits per heavy atom. The number of rotatable bonds is 4. The lowest BCUT2D eigenvalue weighted by molar-refractivity contribution is -0.139. The number of nitrogens with zero attached hydrogens (tertiary/aromatic N) is 3. The number of ether oxygens (including phenoxy) is 1. The van der Waals surface area contributed by atoms with Gasteiger partial charge in [-0.3, -0.25) is 9.59 Å². The number of carbonyl (C=O) groups is 2. The smallest absolute Gasteiger partial charge is 0.249 e. The van der Waals surface area contributed by atoms with Gasteiger partial charge in [0.25, 0.3) is 0 Å². The van der Waals surface area contributed by atoms with Gasteiger partial charge in [0, 0.05) is 31.7 Å². The molecule has 2 aliphatic heterocycles. The summed E-state index contributed by atoms with van der Waals surface area (Å²) in [7, 11) is 1.89. The summed E-state index contributed by atoms with van der Waals surface area (Å²) in [6.07, 6.45) is 4.06. The quantitative estimate of drug-likeness (QED) is 0.896. The Labute approximate surface area is 158 Å². The van der Waals surface area contributed by atoms with Gasteiger partial charge in [-0.25, -0.2) is 4.98 Å². The molecule has 2 aromatic rings. The number of amides is 2. The monoisotopic (exact) mass is 368 g/mol. The SMILES string of the molecule is CC(C)OCC(=O)N1CC[C@]2(C(=O)Nc3ccccc32)[C@@H]1c1nccn1C. The maximum Gasteiger partial charge on any atom is 0.249 e. The zero-order valence-corrected chi connectivity index (χ0v) is 15.8. The van der Waals surface area contributed by atoms with Gasteiger partial charge in [-0.2, -0.15) is 0 Å². The van der Waals surface area contributed by atoms with Crippen LogP contribution >= 0.6 is 0 Å². The molecule has 0 radical (unpaired) electrons. The highest BCUT2D eigenvalue weighted by molar-refractivity contribution is 6.07. The third kappa shape index (κ3) is 2.65. The van der Waals surface area contributed by atoms with E-state index in [-0.39, 0.29) is 24.5 Å². The van der Waals surface area contributed by atoms with Crippen LogP contribution in [0.1, 0.15) is 37.7 Å². The van der Waals surface area contributed by atoms with Gasteiger partial charge in [0.05, 0.1) is 6.10 Å². The highest BCUT2D eigenvalue weighted by Crippen LogP contribution is 2.54. The number of benzene rings is 1. The summed E-state index contributed by atoms with van der Waals surface area (Å²) in [5.41, 5.74) is 0.918. The van der Waals surface area contributed by atoms with Crippen molar-refractivity contribution in [3.8, 4) is 0 Å². The van der Waals surface area contributed by atoms with Crippen molar-refractivity contribution in [2.75, 3.05) is 18.5 Å². The van der Waals surface area contributed by atoms with Crippen molar-refractivity contribution in [2.45, 2.75) is 37.8 Å². The van der Waals surface area contributed by atoms with Gasteiger partial charge in [0.15, 0.2) is 0 Å². The number of fused-ring (bicyclic) bond motifs is 2. The molecule has 0 bridgehead atoms. The summed E-state index contributed by atoms with van der Waals surface area (Å²) < 4.78 is 7.42. The molecule has 1 N–H and O–H groups in total. The summed E-state index contributed by atoms with van der Waals surface area (Å²) in [4.78, 5) is 32.4. The maximum atomic E-state index is 13.2. The van der Waals surface area contributed by atoms with Crippen LogP contribution in [0, 0.1) is 0 Å². The maximum absolute atomic E-state index is 13.2. The third-order valence-corrected chi connectivity index (χ3v) is 5.55. The summed E-state index contributed by atoms with van der Waals surface area (Å²) in [5, 5.41) is 3.01. The van der Waals surface area contributed by atoms with Gasteiger partial charge in [-0.1, -0.05) is 18.2 Å². The molecule has 1 fully saturated rings. The molecule has 2 amide bonds. The zero-order valence-electron chi connectivity index (χ0n) is 15.8. The van der Waals surface area contributed by atoms with E-state index in [1.54, 1.807) is 11.1 Å². The van der Waals surface area contributed by atoms with Crippen molar-refractivity contribution in [1.29, 1.82) is 0 Å². The number of nitrogens with one attached hydrogen (secondary N) is 1. The second kappa shape index (κ2) is 6.49. The molecule has 142 valence electrons. The van der Waals surface area contributed by atoms with E-state index in [1.165, 1.54) is 0 Å². The highest BCUT2D eigenvalue weighted by Gasteiger charge is 2.60. The summed E-state index contributed by atoms with van der Waals surface area (Å²) in [6, 6.07) is 7.25. The molecule has 1 aromatic carbocycles. The van der Waals surface area contributed by atoms with Crippen LogP contribution in [0.4, 0.5) is 5.69 Å². The molecule has 27 heavy (non-hydrogen) atoms. The van der Waals surface area contributed by atoms with Crippen molar-refractivity contribution in [2.24, 2.45) is 7.05 Å². The van der Waals surface area contributed by atoms with Crippen molar-refractivity contribution >= 4 is 17.5 Å². The first-order valence-corrected chi connectivity index (χ1v) is 9.24. The lowest BCUT2D eigenvalue weighted by Crippen LogP contribution is -2.44. The third-order valence-electron chi connectivity index (χ3n) is 5.55. The highest BCUT2D eigenvalue weighted by atomic mass is 16.5. The minimum Gasteiger partial charge on any atom is -0.369 e. The van der Waals surface area contributed by atoms with Gasteiger partial charge in [0.2, 0.25) is 11.8 Å². The first-order chi connectivity index (χ1) is 12.9. The Balaban J connectivity index is 1.80. The van der Waals surface area contributed by atoms with E-state index in [0.29, 0.717) is 18.8 Å². The summed E-state index contributed by atoms with van der Waals surface area (Å²) in [6.45, 7) is 4.28. The first-order valence-electron chi connectivity index (χ1n) is 9.24. The largest absolute Gasteiger partial charge is 0.369 e. The van der Waals surface area contributed by atoms with Gasteiger partial charge < -0.3 is 19.5 Å². The van der Waals surface area contributed by atoms with E-state index in [9.17, 15) is 9.59 Å². The molecule has 0 saturated carbocycles. The number of imidazole rings is 1. The normalized spacial score (nSPS) is 23.9. The van der Waals surface area contributed by atoms with Crippen LogP contribution in [0.5, 0.6) is 0 Å². The van der Waals surface area contributed by atoms with Crippen LogP contribution in [-0.4, -0.2) is 45.5 Å². The molecular weight excluding hydrogens is 344 g/mol. The summed E-state index contributed by atoms with van der Waals surface area (Å²) in [5.74, 6) is 0.514. The van der Waals surface area contributed by atoms with Crippen molar-refractivity contribution in [3.05, 3.63) is 48.0 Å².